The summed E-state index contributed by atoms with van der Waals surface area (Å²) in [7, 11) is 0. The number of fused-ring (bicyclic) bond motifs is 1. The normalized spacial score (nSPS) is 23.1. The second kappa shape index (κ2) is 6.58. The van der Waals surface area contributed by atoms with Gasteiger partial charge >= 0.3 is 0 Å². The Morgan fingerprint density at radius 1 is 1.22 bits per heavy atom. The van der Waals surface area contributed by atoms with Gasteiger partial charge in [-0.25, -0.2) is 0 Å². The summed E-state index contributed by atoms with van der Waals surface area (Å²) in [5, 5.41) is 2.75. The molecular formula is C17H18N2O3S. The number of hydrogen-bond donors (Lipinski definition) is 1. The van der Waals surface area contributed by atoms with Crippen LogP contribution in [-0.2, 0) is 14.4 Å². The number of nitrogens with one attached hydrogen (secondary N) is 1. The monoisotopic (exact) mass is 330 g/mol. The Morgan fingerprint density at radius 3 is 2.48 bits per heavy atom. The third-order valence-electron chi connectivity index (χ3n) is 4.25. The van der Waals surface area contributed by atoms with Crippen LogP contribution in [0.4, 0.5) is 5.69 Å². The van der Waals surface area contributed by atoms with Gasteiger partial charge in [0.15, 0.2) is 0 Å². The van der Waals surface area contributed by atoms with E-state index in [-0.39, 0.29) is 36.1 Å². The molecule has 5 nitrogen and oxygen atoms in total. The Morgan fingerprint density at radius 2 is 1.87 bits per heavy atom. The number of thioether (sulfide) groups is 1. The van der Waals surface area contributed by atoms with Gasteiger partial charge in [0.1, 0.15) is 6.54 Å². The quantitative estimate of drug-likeness (QED) is 0.523. The van der Waals surface area contributed by atoms with Crippen LogP contribution in [0.3, 0.4) is 0 Å². The second-order valence-electron chi connectivity index (χ2n) is 5.70. The highest BCUT2D eigenvalue weighted by Crippen LogP contribution is 2.34. The molecule has 1 N–H and O–H groups in total. The highest BCUT2D eigenvalue weighted by molar-refractivity contribution is 7.98. The van der Waals surface area contributed by atoms with Crippen LogP contribution in [0.5, 0.6) is 0 Å². The zero-order chi connectivity index (χ0) is 16.4. The summed E-state index contributed by atoms with van der Waals surface area (Å²) < 4.78 is 0. The highest BCUT2D eigenvalue weighted by atomic mass is 32.2. The molecule has 0 spiro atoms. The molecule has 2 atom stereocenters. The molecule has 1 aromatic carbocycles. The Bertz CT molecular complexity index is 660. The minimum Gasteiger partial charge on any atom is -0.324 e. The third kappa shape index (κ3) is 3.17. The van der Waals surface area contributed by atoms with E-state index >= 15 is 0 Å². The van der Waals surface area contributed by atoms with Crippen molar-refractivity contribution in [2.24, 2.45) is 11.8 Å². The lowest BCUT2D eigenvalue weighted by atomic mass is 9.85. The first-order valence-corrected chi connectivity index (χ1v) is 8.76. The molecule has 3 rings (SSSR count). The van der Waals surface area contributed by atoms with Gasteiger partial charge in [0.05, 0.1) is 11.8 Å². The summed E-state index contributed by atoms with van der Waals surface area (Å²) in [6.07, 6.45) is 7.00. The van der Waals surface area contributed by atoms with Crippen molar-refractivity contribution in [3.05, 3.63) is 36.4 Å². The predicted molar refractivity (Wildman–Crippen MR) is 88.9 cm³/mol. The van der Waals surface area contributed by atoms with Crippen LogP contribution in [0.2, 0.25) is 0 Å². The van der Waals surface area contributed by atoms with Gasteiger partial charge in [-0.15, -0.1) is 11.8 Å². The van der Waals surface area contributed by atoms with Crippen molar-refractivity contribution in [1.29, 1.82) is 0 Å². The molecule has 1 aliphatic heterocycles. The van der Waals surface area contributed by atoms with Gasteiger partial charge in [-0.2, -0.15) is 0 Å². The number of anilines is 1. The number of rotatable bonds is 4. The first kappa shape index (κ1) is 15.8. The van der Waals surface area contributed by atoms with Gasteiger partial charge in [-0.1, -0.05) is 18.2 Å². The molecule has 6 heteroatoms. The smallest absolute Gasteiger partial charge is 0.244 e. The number of nitrogens with zero attached hydrogens (tertiary/aromatic N) is 1. The van der Waals surface area contributed by atoms with E-state index in [1.807, 2.05) is 36.6 Å². The summed E-state index contributed by atoms with van der Waals surface area (Å²) in [6.45, 7) is -0.214. The molecule has 120 valence electrons. The summed E-state index contributed by atoms with van der Waals surface area (Å²) in [6, 6.07) is 7.45. The molecule has 0 radical (unpaired) electrons. The molecule has 0 saturated carbocycles. The number of allylic oxidation sites excluding steroid dienone is 2. The molecule has 23 heavy (non-hydrogen) atoms. The van der Waals surface area contributed by atoms with Gasteiger partial charge in [-0.05, 0) is 37.3 Å². The molecular weight excluding hydrogens is 312 g/mol. The average Bonchev–Trinajstić information content (AvgIpc) is 2.80. The minimum atomic E-state index is -0.350. The predicted octanol–water partition coefficient (Wildman–Crippen LogP) is 2.30. The molecule has 1 saturated heterocycles. The van der Waals surface area contributed by atoms with Crippen molar-refractivity contribution in [2.45, 2.75) is 17.7 Å². The maximum absolute atomic E-state index is 12.3. The van der Waals surface area contributed by atoms with Crippen molar-refractivity contribution in [1.82, 2.24) is 4.90 Å². The molecule has 0 aromatic heterocycles. The maximum Gasteiger partial charge on any atom is 0.244 e. The number of hydrogen-bond acceptors (Lipinski definition) is 4. The van der Waals surface area contributed by atoms with E-state index < -0.39 is 0 Å². The van der Waals surface area contributed by atoms with Crippen LogP contribution in [0.15, 0.2) is 41.3 Å². The topological polar surface area (TPSA) is 66.5 Å². The average molecular weight is 330 g/mol. The van der Waals surface area contributed by atoms with E-state index in [2.05, 4.69) is 5.32 Å². The number of benzene rings is 1. The van der Waals surface area contributed by atoms with E-state index in [1.165, 1.54) is 0 Å². The SMILES string of the molecule is CSc1cccc(NC(=O)CN2C(=O)C3CC=CCC3C2=O)c1. The number of carbonyl (C=O) groups is 3. The van der Waals surface area contributed by atoms with Crippen molar-refractivity contribution < 1.29 is 14.4 Å². The van der Waals surface area contributed by atoms with Crippen molar-refractivity contribution in [3.63, 3.8) is 0 Å². The molecule has 2 aliphatic rings. The van der Waals surface area contributed by atoms with Gasteiger partial charge in [0.25, 0.3) is 0 Å². The minimum absolute atomic E-state index is 0.214. The second-order valence-corrected chi connectivity index (χ2v) is 6.58. The van der Waals surface area contributed by atoms with Crippen LogP contribution in [0, 0.1) is 11.8 Å². The maximum atomic E-state index is 12.3. The lowest BCUT2D eigenvalue weighted by Gasteiger charge is -2.14. The van der Waals surface area contributed by atoms with Crippen molar-refractivity contribution >= 4 is 35.2 Å². The van der Waals surface area contributed by atoms with Crippen LogP contribution < -0.4 is 5.32 Å². The zero-order valence-corrected chi connectivity index (χ0v) is 13.6. The first-order chi connectivity index (χ1) is 11.1. The molecule has 1 aliphatic carbocycles. The Kier molecular flexibility index (Phi) is 4.52. The van der Waals surface area contributed by atoms with Crippen LogP contribution in [0.25, 0.3) is 0 Å². The van der Waals surface area contributed by atoms with Crippen molar-refractivity contribution in [2.75, 3.05) is 18.1 Å². The Hall–Kier alpha value is -2.08. The molecule has 1 heterocycles. The van der Waals surface area contributed by atoms with Gasteiger partial charge in [-0.3, -0.25) is 19.3 Å². The number of imide groups is 1. The molecule has 3 amide bonds. The summed E-state index contributed by atoms with van der Waals surface area (Å²) in [5.41, 5.74) is 0.667. The Balaban J connectivity index is 1.66. The fourth-order valence-corrected chi connectivity index (χ4v) is 3.53. The standard InChI is InChI=1S/C17H18N2O3S/c1-23-12-6-4-5-11(9-12)18-15(20)10-19-16(21)13-7-2-3-8-14(13)17(19)22/h2-6,9,13-14H,7-8,10H2,1H3,(H,18,20). The summed E-state index contributed by atoms with van der Waals surface area (Å²) in [4.78, 5) is 39.0. The Labute approximate surface area is 139 Å². The number of amides is 3. The van der Waals surface area contributed by atoms with Gasteiger partial charge in [0.2, 0.25) is 17.7 Å². The van der Waals surface area contributed by atoms with Crippen molar-refractivity contribution in [3.8, 4) is 0 Å². The third-order valence-corrected chi connectivity index (χ3v) is 4.98. The molecule has 1 fully saturated rings. The van der Waals surface area contributed by atoms with Crippen LogP contribution in [-0.4, -0.2) is 35.4 Å². The van der Waals surface area contributed by atoms with E-state index in [0.717, 1.165) is 9.80 Å². The lowest BCUT2D eigenvalue weighted by Crippen LogP contribution is -2.38. The fourth-order valence-electron chi connectivity index (χ4n) is 3.07. The van der Waals surface area contributed by atoms with Gasteiger partial charge in [0, 0.05) is 10.6 Å². The largest absolute Gasteiger partial charge is 0.324 e. The fraction of sp³-hybridized carbons (Fsp3) is 0.353. The van der Waals surface area contributed by atoms with E-state index in [1.54, 1.807) is 17.8 Å². The summed E-state index contributed by atoms with van der Waals surface area (Å²) in [5.74, 6) is -1.38. The van der Waals surface area contributed by atoms with Gasteiger partial charge < -0.3 is 5.32 Å². The molecule has 0 bridgehead atoms. The molecule has 1 aromatic rings. The van der Waals surface area contributed by atoms with Crippen LogP contribution >= 0.6 is 11.8 Å². The van der Waals surface area contributed by atoms with E-state index in [9.17, 15) is 14.4 Å². The molecule has 2 unspecified atom stereocenters. The van der Waals surface area contributed by atoms with E-state index in [0.29, 0.717) is 18.5 Å². The first-order valence-electron chi connectivity index (χ1n) is 7.54. The lowest BCUT2D eigenvalue weighted by molar-refractivity contribution is -0.142. The highest BCUT2D eigenvalue weighted by Gasteiger charge is 2.47. The van der Waals surface area contributed by atoms with E-state index in [4.69, 9.17) is 0 Å². The van der Waals surface area contributed by atoms with Crippen LogP contribution in [0.1, 0.15) is 12.8 Å². The zero-order valence-electron chi connectivity index (χ0n) is 12.8. The number of carbonyl (C=O) groups excluding carboxylic acids is 3. The summed E-state index contributed by atoms with van der Waals surface area (Å²) >= 11 is 1.58. The number of likely N-dealkylation sites (tertiary alicyclic amines) is 1.